The third kappa shape index (κ3) is 2.78. The molecule has 1 unspecified atom stereocenters. The summed E-state index contributed by atoms with van der Waals surface area (Å²) in [7, 11) is 0. The third-order valence-electron chi connectivity index (χ3n) is 2.60. The van der Waals surface area contributed by atoms with Crippen LogP contribution in [-0.2, 0) is 0 Å². The second kappa shape index (κ2) is 5.07. The molecule has 5 heteroatoms. The number of hydrogen-bond donors (Lipinski definition) is 0. The molecule has 0 bridgehead atoms. The Bertz CT molecular complexity index is 328. The minimum atomic E-state index is 0.0813. The highest BCUT2D eigenvalue weighted by atomic mass is 79.9. The third-order valence-corrected chi connectivity index (χ3v) is 4.10. The van der Waals surface area contributed by atoms with Gasteiger partial charge in [-0.2, -0.15) is 0 Å². The van der Waals surface area contributed by atoms with E-state index < -0.39 is 0 Å². The van der Waals surface area contributed by atoms with Gasteiger partial charge in [-0.1, -0.05) is 15.9 Å². The molecule has 0 aromatic carbocycles. The van der Waals surface area contributed by atoms with Gasteiger partial charge in [-0.05, 0) is 19.3 Å². The number of aromatic nitrogens is 1. The topological polar surface area (TPSA) is 33.2 Å². The molecule has 3 nitrogen and oxygen atoms in total. The Morgan fingerprint density at radius 1 is 1.53 bits per heavy atom. The minimum absolute atomic E-state index is 0.0813. The van der Waals surface area contributed by atoms with Gasteiger partial charge in [0.25, 0.3) is 5.91 Å². The van der Waals surface area contributed by atoms with Crippen molar-refractivity contribution in [3.8, 4) is 0 Å². The number of amides is 1. The van der Waals surface area contributed by atoms with Crippen molar-refractivity contribution in [1.82, 2.24) is 9.88 Å². The number of thiazole rings is 1. The summed E-state index contributed by atoms with van der Waals surface area (Å²) >= 11 is 5.08. The second-order valence-corrected chi connectivity index (χ2v) is 5.71. The molecule has 1 aromatic rings. The van der Waals surface area contributed by atoms with Gasteiger partial charge in [0.15, 0.2) is 0 Å². The molecule has 15 heavy (non-hydrogen) atoms. The van der Waals surface area contributed by atoms with E-state index in [0.29, 0.717) is 10.5 Å². The Hall–Kier alpha value is -0.420. The number of halogens is 1. The molecule has 1 aliphatic heterocycles. The minimum Gasteiger partial charge on any atom is -0.337 e. The number of alkyl halides is 1. The Morgan fingerprint density at radius 3 is 3.13 bits per heavy atom. The number of carbonyl (C=O) groups excluding carboxylic acids is 1. The van der Waals surface area contributed by atoms with E-state index in [0.717, 1.165) is 32.4 Å². The summed E-state index contributed by atoms with van der Waals surface area (Å²) in [4.78, 5) is 18.5. The lowest BCUT2D eigenvalue weighted by Gasteiger charge is -2.18. The molecule has 1 amide bonds. The average Bonchev–Trinajstić information content (AvgIpc) is 2.67. The van der Waals surface area contributed by atoms with Crippen molar-refractivity contribution >= 4 is 33.2 Å². The van der Waals surface area contributed by atoms with Crippen LogP contribution in [0.5, 0.6) is 0 Å². The zero-order chi connectivity index (χ0) is 10.7. The Kier molecular flexibility index (Phi) is 3.75. The van der Waals surface area contributed by atoms with E-state index in [-0.39, 0.29) is 5.91 Å². The van der Waals surface area contributed by atoms with E-state index in [1.54, 1.807) is 5.51 Å². The maximum atomic E-state index is 12.0. The maximum Gasteiger partial charge on any atom is 0.273 e. The molecule has 0 N–H and O–H groups in total. The lowest BCUT2D eigenvalue weighted by molar-refractivity contribution is 0.0757. The summed E-state index contributed by atoms with van der Waals surface area (Å²) < 4.78 is 0. The molecule has 0 radical (unpaired) electrons. The van der Waals surface area contributed by atoms with Crippen LogP contribution in [0.25, 0.3) is 0 Å². The van der Waals surface area contributed by atoms with Crippen molar-refractivity contribution in [1.29, 1.82) is 0 Å². The van der Waals surface area contributed by atoms with E-state index in [2.05, 4.69) is 20.9 Å². The summed E-state index contributed by atoms with van der Waals surface area (Å²) in [5, 5.41) is 1.82. The monoisotopic (exact) mass is 288 g/mol. The van der Waals surface area contributed by atoms with E-state index in [1.807, 2.05) is 10.3 Å². The number of nitrogens with zero attached hydrogens (tertiary/aromatic N) is 2. The Morgan fingerprint density at radius 2 is 2.40 bits per heavy atom. The molecule has 1 aliphatic rings. The first-order valence-corrected chi connectivity index (χ1v) is 6.95. The molecule has 0 aliphatic carbocycles. The first kappa shape index (κ1) is 11.1. The molecule has 1 fully saturated rings. The molecule has 2 rings (SSSR count). The smallest absolute Gasteiger partial charge is 0.273 e. The van der Waals surface area contributed by atoms with Gasteiger partial charge in [-0.15, -0.1) is 11.3 Å². The van der Waals surface area contributed by atoms with Crippen LogP contribution in [0.15, 0.2) is 10.9 Å². The number of carbonyl (C=O) groups is 1. The van der Waals surface area contributed by atoms with Gasteiger partial charge in [0.1, 0.15) is 5.69 Å². The molecule has 0 spiro atoms. The van der Waals surface area contributed by atoms with Crippen LogP contribution in [0, 0.1) is 0 Å². The van der Waals surface area contributed by atoms with Crippen molar-refractivity contribution in [2.45, 2.75) is 24.1 Å². The van der Waals surface area contributed by atoms with Crippen LogP contribution < -0.4 is 0 Å². The predicted octanol–water partition coefficient (Wildman–Crippen LogP) is 2.53. The molecular formula is C10H13BrN2OS. The quantitative estimate of drug-likeness (QED) is 0.744. The standard InChI is InChI=1S/C10H13BrN2OS/c11-8-2-1-4-13(5-3-8)10(14)9-6-15-7-12-9/h6-8H,1-5H2. The van der Waals surface area contributed by atoms with E-state index >= 15 is 0 Å². The van der Waals surface area contributed by atoms with Crippen LogP contribution >= 0.6 is 27.3 Å². The van der Waals surface area contributed by atoms with Gasteiger partial charge in [-0.25, -0.2) is 4.98 Å². The van der Waals surface area contributed by atoms with Crippen LogP contribution in [0.1, 0.15) is 29.8 Å². The van der Waals surface area contributed by atoms with Crippen LogP contribution in [0.3, 0.4) is 0 Å². The molecule has 1 atom stereocenters. The lowest BCUT2D eigenvalue weighted by atomic mass is 10.2. The van der Waals surface area contributed by atoms with E-state index in [9.17, 15) is 4.79 Å². The summed E-state index contributed by atoms with van der Waals surface area (Å²) in [5.74, 6) is 0.0813. The summed E-state index contributed by atoms with van der Waals surface area (Å²) in [6, 6.07) is 0. The first-order valence-electron chi connectivity index (χ1n) is 5.09. The molecule has 1 aromatic heterocycles. The fraction of sp³-hybridized carbons (Fsp3) is 0.600. The highest BCUT2D eigenvalue weighted by molar-refractivity contribution is 9.09. The van der Waals surface area contributed by atoms with Gasteiger partial charge < -0.3 is 4.90 Å². The SMILES string of the molecule is O=C(c1cscn1)N1CCCC(Br)CC1. The zero-order valence-electron chi connectivity index (χ0n) is 8.36. The normalized spacial score (nSPS) is 22.5. The fourth-order valence-electron chi connectivity index (χ4n) is 1.74. The molecule has 1 saturated heterocycles. The molecule has 0 saturated carbocycles. The Balaban J connectivity index is 2.01. The van der Waals surface area contributed by atoms with Crippen LogP contribution in [0.2, 0.25) is 0 Å². The van der Waals surface area contributed by atoms with Gasteiger partial charge >= 0.3 is 0 Å². The molecule has 82 valence electrons. The largest absolute Gasteiger partial charge is 0.337 e. The van der Waals surface area contributed by atoms with Crippen LogP contribution in [0.4, 0.5) is 0 Å². The number of rotatable bonds is 1. The van der Waals surface area contributed by atoms with Gasteiger partial charge in [-0.3, -0.25) is 4.79 Å². The zero-order valence-corrected chi connectivity index (χ0v) is 10.8. The van der Waals surface area contributed by atoms with Gasteiger partial charge in [0.05, 0.1) is 5.51 Å². The predicted molar refractivity (Wildman–Crippen MR) is 64.6 cm³/mol. The van der Waals surface area contributed by atoms with Crippen molar-refractivity contribution in [2.75, 3.05) is 13.1 Å². The number of hydrogen-bond acceptors (Lipinski definition) is 3. The van der Waals surface area contributed by atoms with Crippen molar-refractivity contribution in [2.24, 2.45) is 0 Å². The molecule has 2 heterocycles. The maximum absolute atomic E-state index is 12.0. The van der Waals surface area contributed by atoms with Crippen molar-refractivity contribution in [3.63, 3.8) is 0 Å². The first-order chi connectivity index (χ1) is 7.27. The lowest BCUT2D eigenvalue weighted by Crippen LogP contribution is -2.32. The second-order valence-electron chi connectivity index (χ2n) is 3.69. The van der Waals surface area contributed by atoms with E-state index in [1.165, 1.54) is 11.3 Å². The highest BCUT2D eigenvalue weighted by Crippen LogP contribution is 2.19. The average molecular weight is 289 g/mol. The van der Waals surface area contributed by atoms with Crippen LogP contribution in [-0.4, -0.2) is 33.7 Å². The van der Waals surface area contributed by atoms with Gasteiger partial charge in [0, 0.05) is 23.3 Å². The van der Waals surface area contributed by atoms with Crippen molar-refractivity contribution in [3.05, 3.63) is 16.6 Å². The Labute approximate surface area is 102 Å². The highest BCUT2D eigenvalue weighted by Gasteiger charge is 2.21. The number of likely N-dealkylation sites (tertiary alicyclic amines) is 1. The van der Waals surface area contributed by atoms with E-state index in [4.69, 9.17) is 0 Å². The van der Waals surface area contributed by atoms with Gasteiger partial charge in [0.2, 0.25) is 0 Å². The molecular weight excluding hydrogens is 276 g/mol. The summed E-state index contributed by atoms with van der Waals surface area (Å²) in [6.07, 6.45) is 3.27. The summed E-state index contributed by atoms with van der Waals surface area (Å²) in [6.45, 7) is 1.70. The fourth-order valence-corrected chi connectivity index (χ4v) is 2.79. The summed E-state index contributed by atoms with van der Waals surface area (Å²) in [5.41, 5.74) is 2.30. The van der Waals surface area contributed by atoms with Crippen molar-refractivity contribution < 1.29 is 4.79 Å².